The van der Waals surface area contributed by atoms with Crippen molar-refractivity contribution in [3.8, 4) is 0 Å². The van der Waals surface area contributed by atoms with Gasteiger partial charge in [0, 0.05) is 31.8 Å². The van der Waals surface area contributed by atoms with Crippen molar-refractivity contribution < 1.29 is 14.7 Å². The molecule has 1 aliphatic heterocycles. The smallest absolute Gasteiger partial charge is 0.328 e. The maximum atomic E-state index is 11.4. The highest BCUT2D eigenvalue weighted by Gasteiger charge is 2.12. The van der Waals surface area contributed by atoms with Crippen LogP contribution in [0.4, 0.5) is 0 Å². The SMILES string of the molecule is O=C(O)/C=C/C(=O)N1CCCNCC1. The average Bonchev–Trinajstić information content (AvgIpc) is 2.42. The summed E-state index contributed by atoms with van der Waals surface area (Å²) >= 11 is 0. The molecule has 5 heteroatoms. The van der Waals surface area contributed by atoms with Gasteiger partial charge in [-0.15, -0.1) is 0 Å². The van der Waals surface area contributed by atoms with Crippen molar-refractivity contribution in [1.29, 1.82) is 0 Å². The molecule has 1 aliphatic rings. The van der Waals surface area contributed by atoms with Gasteiger partial charge in [-0.3, -0.25) is 4.79 Å². The van der Waals surface area contributed by atoms with E-state index in [2.05, 4.69) is 5.32 Å². The molecule has 1 heterocycles. The first-order chi connectivity index (χ1) is 6.70. The summed E-state index contributed by atoms with van der Waals surface area (Å²) in [6, 6.07) is 0. The highest BCUT2D eigenvalue weighted by atomic mass is 16.4. The largest absolute Gasteiger partial charge is 0.478 e. The molecule has 0 saturated carbocycles. The number of rotatable bonds is 2. The first-order valence-electron chi connectivity index (χ1n) is 4.61. The van der Waals surface area contributed by atoms with Crippen LogP contribution in [0.15, 0.2) is 12.2 Å². The predicted molar refractivity (Wildman–Crippen MR) is 50.8 cm³/mol. The Labute approximate surface area is 82.4 Å². The second-order valence-electron chi connectivity index (χ2n) is 3.10. The molecule has 1 amide bonds. The molecule has 1 fully saturated rings. The zero-order valence-corrected chi connectivity index (χ0v) is 7.90. The van der Waals surface area contributed by atoms with Crippen molar-refractivity contribution in [2.75, 3.05) is 26.2 Å². The van der Waals surface area contributed by atoms with Crippen molar-refractivity contribution in [2.24, 2.45) is 0 Å². The van der Waals surface area contributed by atoms with Gasteiger partial charge in [-0.05, 0) is 13.0 Å². The molecule has 1 rings (SSSR count). The van der Waals surface area contributed by atoms with Crippen molar-refractivity contribution in [2.45, 2.75) is 6.42 Å². The molecule has 0 radical (unpaired) electrons. The van der Waals surface area contributed by atoms with Crippen molar-refractivity contribution in [1.82, 2.24) is 10.2 Å². The van der Waals surface area contributed by atoms with E-state index in [9.17, 15) is 9.59 Å². The van der Waals surface area contributed by atoms with Gasteiger partial charge >= 0.3 is 5.97 Å². The topological polar surface area (TPSA) is 69.6 Å². The van der Waals surface area contributed by atoms with E-state index in [1.165, 1.54) is 0 Å². The van der Waals surface area contributed by atoms with Gasteiger partial charge in [0.25, 0.3) is 0 Å². The fraction of sp³-hybridized carbons (Fsp3) is 0.556. The van der Waals surface area contributed by atoms with Gasteiger partial charge in [0.1, 0.15) is 0 Å². The number of amides is 1. The van der Waals surface area contributed by atoms with Crippen LogP contribution in [-0.4, -0.2) is 48.1 Å². The van der Waals surface area contributed by atoms with Gasteiger partial charge in [0.05, 0.1) is 0 Å². The number of nitrogens with one attached hydrogen (secondary N) is 1. The Morgan fingerprint density at radius 1 is 1.21 bits per heavy atom. The van der Waals surface area contributed by atoms with E-state index in [1.54, 1.807) is 4.90 Å². The van der Waals surface area contributed by atoms with Gasteiger partial charge in [0.15, 0.2) is 0 Å². The molecule has 0 aliphatic carbocycles. The molecule has 0 atom stereocenters. The summed E-state index contributed by atoms with van der Waals surface area (Å²) in [5.74, 6) is -1.32. The van der Waals surface area contributed by atoms with Crippen LogP contribution < -0.4 is 5.32 Å². The molecule has 0 aromatic heterocycles. The third kappa shape index (κ3) is 3.57. The Hall–Kier alpha value is -1.36. The number of hydrogen-bond donors (Lipinski definition) is 2. The highest BCUT2D eigenvalue weighted by molar-refractivity contribution is 5.93. The normalized spacial score (nSPS) is 18.1. The summed E-state index contributed by atoms with van der Waals surface area (Å²) in [5, 5.41) is 11.5. The average molecular weight is 198 g/mol. The van der Waals surface area contributed by atoms with Crippen LogP contribution >= 0.6 is 0 Å². The minimum absolute atomic E-state index is 0.226. The molecule has 0 aromatic carbocycles. The lowest BCUT2D eigenvalue weighted by Crippen LogP contribution is -2.32. The maximum absolute atomic E-state index is 11.4. The van der Waals surface area contributed by atoms with E-state index in [1.807, 2.05) is 0 Å². The molecular weight excluding hydrogens is 184 g/mol. The Bertz CT molecular complexity index is 242. The van der Waals surface area contributed by atoms with Crippen LogP contribution in [0.5, 0.6) is 0 Å². The van der Waals surface area contributed by atoms with Crippen molar-refractivity contribution in [3.05, 3.63) is 12.2 Å². The zero-order chi connectivity index (χ0) is 10.4. The van der Waals surface area contributed by atoms with E-state index < -0.39 is 5.97 Å². The molecule has 0 unspecified atom stereocenters. The standard InChI is InChI=1S/C9H14N2O3/c12-8(2-3-9(13)14)11-6-1-4-10-5-7-11/h2-3,10H,1,4-7H2,(H,13,14)/b3-2+. The molecule has 0 bridgehead atoms. The van der Waals surface area contributed by atoms with E-state index in [0.29, 0.717) is 13.1 Å². The summed E-state index contributed by atoms with van der Waals surface area (Å²) < 4.78 is 0. The third-order valence-corrected chi connectivity index (χ3v) is 2.02. The van der Waals surface area contributed by atoms with E-state index >= 15 is 0 Å². The Morgan fingerprint density at radius 3 is 2.71 bits per heavy atom. The van der Waals surface area contributed by atoms with E-state index in [0.717, 1.165) is 31.7 Å². The number of carboxylic acid groups (broad SMARTS) is 1. The van der Waals surface area contributed by atoms with Crippen LogP contribution in [0, 0.1) is 0 Å². The van der Waals surface area contributed by atoms with Crippen molar-refractivity contribution >= 4 is 11.9 Å². The molecule has 1 saturated heterocycles. The monoisotopic (exact) mass is 198 g/mol. The van der Waals surface area contributed by atoms with Crippen molar-refractivity contribution in [3.63, 3.8) is 0 Å². The fourth-order valence-corrected chi connectivity index (χ4v) is 1.31. The molecule has 5 nitrogen and oxygen atoms in total. The van der Waals surface area contributed by atoms with Gasteiger partial charge < -0.3 is 15.3 Å². The summed E-state index contributed by atoms with van der Waals surface area (Å²) in [6.45, 7) is 3.01. The molecule has 0 spiro atoms. The lowest BCUT2D eigenvalue weighted by Gasteiger charge is -2.17. The molecular formula is C9H14N2O3. The summed E-state index contributed by atoms with van der Waals surface area (Å²) in [4.78, 5) is 23.2. The highest BCUT2D eigenvalue weighted by Crippen LogP contribution is 1.96. The third-order valence-electron chi connectivity index (χ3n) is 2.02. The molecule has 78 valence electrons. The van der Waals surface area contributed by atoms with Gasteiger partial charge in [-0.2, -0.15) is 0 Å². The second-order valence-corrected chi connectivity index (χ2v) is 3.10. The lowest BCUT2D eigenvalue weighted by molar-refractivity contribution is -0.132. The number of hydrogen-bond acceptors (Lipinski definition) is 3. The van der Waals surface area contributed by atoms with E-state index in [4.69, 9.17) is 5.11 Å². The quantitative estimate of drug-likeness (QED) is 0.584. The van der Waals surface area contributed by atoms with Crippen LogP contribution in [0.2, 0.25) is 0 Å². The van der Waals surface area contributed by atoms with Crippen LogP contribution in [0.25, 0.3) is 0 Å². The van der Waals surface area contributed by atoms with Gasteiger partial charge in [-0.1, -0.05) is 0 Å². The maximum Gasteiger partial charge on any atom is 0.328 e. The number of nitrogens with zero attached hydrogens (tertiary/aromatic N) is 1. The fourth-order valence-electron chi connectivity index (χ4n) is 1.31. The number of carboxylic acids is 1. The van der Waals surface area contributed by atoms with E-state index in [-0.39, 0.29) is 5.91 Å². The summed E-state index contributed by atoms with van der Waals surface area (Å²) in [6.07, 6.45) is 2.89. The van der Waals surface area contributed by atoms with Crippen LogP contribution in [0.3, 0.4) is 0 Å². The van der Waals surface area contributed by atoms with Crippen LogP contribution in [0.1, 0.15) is 6.42 Å². The summed E-state index contributed by atoms with van der Waals surface area (Å²) in [7, 11) is 0. The van der Waals surface area contributed by atoms with Gasteiger partial charge in [0.2, 0.25) is 5.91 Å². The van der Waals surface area contributed by atoms with Gasteiger partial charge in [-0.25, -0.2) is 4.79 Å². The predicted octanol–water partition coefficient (Wildman–Crippen LogP) is -0.551. The molecule has 14 heavy (non-hydrogen) atoms. The lowest BCUT2D eigenvalue weighted by atomic mass is 10.3. The molecule has 0 aromatic rings. The minimum atomic E-state index is -1.09. The number of aliphatic carboxylic acids is 1. The van der Waals surface area contributed by atoms with Crippen LogP contribution in [-0.2, 0) is 9.59 Å². The Morgan fingerprint density at radius 2 is 2.00 bits per heavy atom. The zero-order valence-electron chi connectivity index (χ0n) is 7.90. The first kappa shape index (κ1) is 10.7. The Balaban J connectivity index is 2.45. The number of carbonyl (C=O) groups is 2. The Kier molecular flexibility index (Phi) is 4.12. The summed E-state index contributed by atoms with van der Waals surface area (Å²) in [5.41, 5.74) is 0. The minimum Gasteiger partial charge on any atom is -0.478 e. The number of carbonyl (C=O) groups excluding carboxylic acids is 1. The first-order valence-corrected chi connectivity index (χ1v) is 4.61. The molecule has 2 N–H and O–H groups in total. The second kappa shape index (κ2) is 5.39.